The number of fused-ring (bicyclic) bond motifs is 3. The van der Waals surface area contributed by atoms with Crippen LogP contribution in [-0.2, 0) is 6.54 Å². The van der Waals surface area contributed by atoms with E-state index in [4.69, 9.17) is 4.74 Å². The molecule has 7 heteroatoms. The van der Waals surface area contributed by atoms with E-state index in [2.05, 4.69) is 10.1 Å². The van der Waals surface area contributed by atoms with Crippen molar-refractivity contribution in [1.82, 2.24) is 19.2 Å². The molecule has 3 heterocycles. The van der Waals surface area contributed by atoms with Crippen LogP contribution in [0.15, 0.2) is 78.0 Å². The van der Waals surface area contributed by atoms with Crippen molar-refractivity contribution in [2.45, 2.75) is 6.54 Å². The fraction of sp³-hybridized carbons (Fsp3) is 0.0870. The molecule has 0 atom stereocenters. The highest BCUT2D eigenvalue weighted by atomic mass is 19.1. The van der Waals surface area contributed by atoms with Gasteiger partial charge in [-0.25, -0.2) is 13.9 Å². The van der Waals surface area contributed by atoms with Gasteiger partial charge in [-0.1, -0.05) is 24.3 Å². The van der Waals surface area contributed by atoms with Crippen molar-refractivity contribution in [3.8, 4) is 16.9 Å². The Morgan fingerprint density at radius 1 is 1.00 bits per heavy atom. The number of pyridine rings is 1. The van der Waals surface area contributed by atoms with Gasteiger partial charge in [-0.15, -0.1) is 0 Å². The number of rotatable bonds is 4. The minimum Gasteiger partial charge on any atom is -0.497 e. The Morgan fingerprint density at radius 3 is 2.50 bits per heavy atom. The number of hydrogen-bond donors (Lipinski definition) is 0. The quantitative estimate of drug-likeness (QED) is 0.459. The van der Waals surface area contributed by atoms with Crippen LogP contribution < -0.4 is 10.3 Å². The smallest absolute Gasteiger partial charge is 0.261 e. The highest BCUT2D eigenvalue weighted by Gasteiger charge is 2.13. The van der Waals surface area contributed by atoms with Crippen LogP contribution in [0.2, 0.25) is 0 Å². The number of aromatic nitrogens is 4. The minimum absolute atomic E-state index is 0.142. The SMILES string of the molecule is COc1ccc(Cn2ccc3c(cnc4c(-c5ccc(F)cc5)cnn43)c2=O)cc1. The zero-order chi connectivity index (χ0) is 20.7. The molecule has 0 spiro atoms. The molecule has 148 valence electrons. The lowest BCUT2D eigenvalue weighted by atomic mass is 10.1. The molecule has 0 N–H and O–H groups in total. The largest absolute Gasteiger partial charge is 0.497 e. The molecule has 0 saturated heterocycles. The van der Waals surface area contributed by atoms with Gasteiger partial charge in [0.25, 0.3) is 5.56 Å². The van der Waals surface area contributed by atoms with Crippen LogP contribution in [0.3, 0.4) is 0 Å². The third-order valence-corrected chi connectivity index (χ3v) is 5.13. The highest BCUT2D eigenvalue weighted by molar-refractivity contribution is 5.85. The maximum absolute atomic E-state index is 13.2. The third-order valence-electron chi connectivity index (χ3n) is 5.13. The molecule has 6 nitrogen and oxygen atoms in total. The summed E-state index contributed by atoms with van der Waals surface area (Å²) in [6.07, 6.45) is 5.01. The first-order chi connectivity index (χ1) is 14.6. The average Bonchev–Trinajstić information content (AvgIpc) is 3.21. The first-order valence-electron chi connectivity index (χ1n) is 9.39. The summed E-state index contributed by atoms with van der Waals surface area (Å²) in [5.74, 6) is 0.470. The lowest BCUT2D eigenvalue weighted by molar-refractivity contribution is 0.414. The van der Waals surface area contributed by atoms with E-state index in [9.17, 15) is 9.18 Å². The standard InChI is InChI=1S/C23H17FN4O2/c1-30-18-8-2-15(3-9-18)14-27-11-10-21-20(23(27)29)12-25-22-19(13-26-28(21)22)16-4-6-17(24)7-5-16/h2-13H,14H2,1H3. The maximum Gasteiger partial charge on any atom is 0.261 e. The number of halogens is 1. The van der Waals surface area contributed by atoms with Crippen molar-refractivity contribution in [2.75, 3.05) is 7.11 Å². The van der Waals surface area contributed by atoms with Gasteiger partial charge in [0.15, 0.2) is 5.65 Å². The Balaban J connectivity index is 1.58. The number of methoxy groups -OCH3 is 1. The molecule has 5 aromatic rings. The lowest BCUT2D eigenvalue weighted by Gasteiger charge is -2.09. The number of hydrogen-bond acceptors (Lipinski definition) is 4. The Bertz CT molecular complexity index is 1420. The molecule has 0 fully saturated rings. The van der Waals surface area contributed by atoms with E-state index in [0.29, 0.717) is 23.1 Å². The summed E-state index contributed by atoms with van der Waals surface area (Å²) < 4.78 is 21.7. The summed E-state index contributed by atoms with van der Waals surface area (Å²) in [4.78, 5) is 17.5. The molecule has 0 saturated carbocycles. The van der Waals surface area contributed by atoms with Gasteiger partial charge in [-0.2, -0.15) is 5.10 Å². The normalized spacial score (nSPS) is 11.3. The van der Waals surface area contributed by atoms with Gasteiger partial charge in [-0.3, -0.25) is 4.79 Å². The molecule has 2 aromatic carbocycles. The zero-order valence-corrected chi connectivity index (χ0v) is 16.1. The van der Waals surface area contributed by atoms with Gasteiger partial charge in [0.1, 0.15) is 11.6 Å². The summed E-state index contributed by atoms with van der Waals surface area (Å²) in [5.41, 5.74) is 3.72. The van der Waals surface area contributed by atoms with E-state index < -0.39 is 0 Å². The predicted molar refractivity (Wildman–Crippen MR) is 112 cm³/mol. The Hall–Kier alpha value is -4.00. The van der Waals surface area contributed by atoms with Gasteiger partial charge in [0.2, 0.25) is 0 Å². The maximum atomic E-state index is 13.2. The summed E-state index contributed by atoms with van der Waals surface area (Å²) in [6, 6.07) is 15.6. The number of nitrogens with zero attached hydrogens (tertiary/aromatic N) is 4. The van der Waals surface area contributed by atoms with Crippen molar-refractivity contribution < 1.29 is 9.13 Å². The second-order valence-corrected chi connectivity index (χ2v) is 6.95. The van der Waals surface area contributed by atoms with Gasteiger partial charge < -0.3 is 9.30 Å². The molecule has 0 unspecified atom stereocenters. The summed E-state index contributed by atoms with van der Waals surface area (Å²) in [6.45, 7) is 0.441. The first kappa shape index (κ1) is 18.1. The molecular weight excluding hydrogens is 383 g/mol. The van der Waals surface area contributed by atoms with E-state index in [1.165, 1.54) is 12.1 Å². The molecular formula is C23H17FN4O2. The summed E-state index contributed by atoms with van der Waals surface area (Å²) in [5, 5.41) is 4.90. The molecule has 0 aliphatic heterocycles. The summed E-state index contributed by atoms with van der Waals surface area (Å²) >= 11 is 0. The number of ether oxygens (including phenoxy) is 1. The molecule has 0 aliphatic carbocycles. The molecule has 0 radical (unpaired) electrons. The van der Waals surface area contributed by atoms with Crippen LogP contribution in [-0.4, -0.2) is 26.3 Å². The van der Waals surface area contributed by atoms with Gasteiger partial charge in [0.05, 0.1) is 30.8 Å². The van der Waals surface area contributed by atoms with Crippen molar-refractivity contribution in [1.29, 1.82) is 0 Å². The van der Waals surface area contributed by atoms with Crippen molar-refractivity contribution in [2.24, 2.45) is 0 Å². The van der Waals surface area contributed by atoms with Gasteiger partial charge >= 0.3 is 0 Å². The Labute approximate surface area is 170 Å². The lowest BCUT2D eigenvalue weighted by Crippen LogP contribution is -2.21. The fourth-order valence-corrected chi connectivity index (χ4v) is 3.54. The molecule has 5 rings (SSSR count). The first-order valence-corrected chi connectivity index (χ1v) is 9.39. The highest BCUT2D eigenvalue weighted by Crippen LogP contribution is 2.25. The van der Waals surface area contributed by atoms with Crippen LogP contribution in [0.4, 0.5) is 4.39 Å². The van der Waals surface area contributed by atoms with E-state index >= 15 is 0 Å². The molecule has 3 aromatic heterocycles. The Kier molecular flexibility index (Phi) is 4.28. The van der Waals surface area contributed by atoms with Crippen molar-refractivity contribution in [3.05, 3.63) is 94.9 Å². The van der Waals surface area contributed by atoms with E-state index in [1.54, 1.807) is 46.9 Å². The van der Waals surface area contributed by atoms with E-state index in [1.807, 2.05) is 30.3 Å². The molecule has 0 aliphatic rings. The minimum atomic E-state index is -0.300. The second-order valence-electron chi connectivity index (χ2n) is 6.95. The van der Waals surface area contributed by atoms with Crippen LogP contribution in [0.1, 0.15) is 5.56 Å². The van der Waals surface area contributed by atoms with Crippen LogP contribution in [0.25, 0.3) is 27.7 Å². The third kappa shape index (κ3) is 3.00. The van der Waals surface area contributed by atoms with Crippen molar-refractivity contribution in [3.63, 3.8) is 0 Å². The monoisotopic (exact) mass is 400 g/mol. The molecule has 0 bridgehead atoms. The van der Waals surface area contributed by atoms with Crippen molar-refractivity contribution >= 4 is 16.6 Å². The number of benzene rings is 2. The fourth-order valence-electron chi connectivity index (χ4n) is 3.54. The molecule has 0 amide bonds. The topological polar surface area (TPSA) is 61.4 Å². The van der Waals surface area contributed by atoms with Gasteiger partial charge in [-0.05, 0) is 41.5 Å². The second kappa shape index (κ2) is 7.11. The van der Waals surface area contributed by atoms with Gasteiger partial charge in [0, 0.05) is 18.0 Å². The Morgan fingerprint density at radius 2 is 1.77 bits per heavy atom. The zero-order valence-electron chi connectivity index (χ0n) is 16.1. The average molecular weight is 400 g/mol. The predicted octanol–water partition coefficient (Wildman–Crippen LogP) is 3.91. The summed E-state index contributed by atoms with van der Waals surface area (Å²) in [7, 11) is 1.62. The van der Waals surface area contributed by atoms with Crippen LogP contribution in [0.5, 0.6) is 5.75 Å². The van der Waals surface area contributed by atoms with E-state index in [-0.39, 0.29) is 11.4 Å². The van der Waals surface area contributed by atoms with Crippen LogP contribution in [0, 0.1) is 5.82 Å². The molecule has 30 heavy (non-hydrogen) atoms. The van der Waals surface area contributed by atoms with E-state index in [0.717, 1.165) is 22.4 Å². The van der Waals surface area contributed by atoms with Crippen LogP contribution >= 0.6 is 0 Å².